The second kappa shape index (κ2) is 8.47. The van der Waals surface area contributed by atoms with Crippen LogP contribution in [0.1, 0.15) is 23.2 Å². The van der Waals surface area contributed by atoms with E-state index in [1.165, 1.54) is 12.1 Å². The van der Waals surface area contributed by atoms with Crippen LogP contribution in [0, 0.1) is 5.82 Å². The molecule has 2 heterocycles. The Labute approximate surface area is 190 Å². The van der Waals surface area contributed by atoms with Gasteiger partial charge in [0.15, 0.2) is 0 Å². The lowest BCUT2D eigenvalue weighted by Crippen LogP contribution is -2.54. The lowest BCUT2D eigenvalue weighted by atomic mass is 10.0. The Morgan fingerprint density at radius 1 is 0.906 bits per heavy atom. The molecule has 5 rings (SSSR count). The van der Waals surface area contributed by atoms with Gasteiger partial charge in [-0.15, -0.1) is 11.8 Å². The molecule has 3 aromatic rings. The maximum atomic E-state index is 13.3. The number of thioether (sulfide) groups is 1. The summed E-state index contributed by atoms with van der Waals surface area (Å²) in [7, 11) is 0. The molecular formula is C25H24FN3O2S. The first-order valence-corrected chi connectivity index (χ1v) is 11.8. The minimum Gasteiger partial charge on any atom is -0.324 e. The third-order valence-electron chi connectivity index (χ3n) is 6.38. The molecule has 2 aliphatic heterocycles. The van der Waals surface area contributed by atoms with Crippen molar-refractivity contribution in [1.82, 2.24) is 9.80 Å². The molecule has 0 radical (unpaired) electrons. The lowest BCUT2D eigenvalue weighted by molar-refractivity contribution is 0.0585. The molecule has 0 saturated carbocycles. The Kier molecular flexibility index (Phi) is 5.51. The van der Waals surface area contributed by atoms with Gasteiger partial charge in [0.05, 0.1) is 10.6 Å². The predicted octanol–water partition coefficient (Wildman–Crippen LogP) is 5.19. The summed E-state index contributed by atoms with van der Waals surface area (Å²) < 4.78 is 13.3. The molecule has 0 unspecified atom stereocenters. The van der Waals surface area contributed by atoms with Crippen LogP contribution in [0.5, 0.6) is 0 Å². The van der Waals surface area contributed by atoms with E-state index in [9.17, 15) is 14.0 Å². The van der Waals surface area contributed by atoms with Crippen molar-refractivity contribution in [1.29, 1.82) is 0 Å². The third-order valence-corrected chi connectivity index (χ3v) is 7.93. The highest BCUT2D eigenvalue weighted by molar-refractivity contribution is 8.00. The summed E-state index contributed by atoms with van der Waals surface area (Å²) >= 11 is 1.79. The number of nitrogens with zero attached hydrogens (tertiary/aromatic N) is 2. The van der Waals surface area contributed by atoms with E-state index in [4.69, 9.17) is 0 Å². The first kappa shape index (κ1) is 20.8. The highest BCUT2D eigenvalue weighted by atomic mass is 32.2. The molecule has 0 bridgehead atoms. The fraction of sp³-hybridized carbons (Fsp3) is 0.280. The van der Waals surface area contributed by atoms with E-state index in [1.54, 1.807) is 23.9 Å². The lowest BCUT2D eigenvalue weighted by Gasteiger charge is -2.44. The van der Waals surface area contributed by atoms with Crippen LogP contribution >= 0.6 is 11.8 Å². The quantitative estimate of drug-likeness (QED) is 0.586. The Hall–Kier alpha value is -3.06. The molecule has 32 heavy (non-hydrogen) atoms. The zero-order chi connectivity index (χ0) is 22.1. The minimum absolute atomic E-state index is 0.0661. The zero-order valence-corrected chi connectivity index (χ0v) is 18.4. The van der Waals surface area contributed by atoms with Gasteiger partial charge in [0.2, 0.25) is 0 Å². The third kappa shape index (κ3) is 3.81. The highest BCUT2D eigenvalue weighted by Gasteiger charge is 2.47. The largest absolute Gasteiger partial charge is 0.324 e. The second-order valence-electron chi connectivity index (χ2n) is 8.20. The number of benzene rings is 3. The van der Waals surface area contributed by atoms with Gasteiger partial charge < -0.3 is 15.1 Å². The molecule has 0 atom stereocenters. The topological polar surface area (TPSA) is 52.7 Å². The van der Waals surface area contributed by atoms with Crippen molar-refractivity contribution in [3.8, 4) is 0 Å². The van der Waals surface area contributed by atoms with Crippen LogP contribution < -0.4 is 5.32 Å². The normalized spacial score (nSPS) is 17.7. The predicted molar refractivity (Wildman–Crippen MR) is 126 cm³/mol. The average Bonchev–Trinajstić information content (AvgIpc) is 3.22. The van der Waals surface area contributed by atoms with Gasteiger partial charge in [-0.05, 0) is 48.6 Å². The van der Waals surface area contributed by atoms with Crippen LogP contribution in [0.4, 0.5) is 14.9 Å². The summed E-state index contributed by atoms with van der Waals surface area (Å²) in [6.07, 6.45) is 1.43. The molecule has 3 aromatic carbocycles. The zero-order valence-electron chi connectivity index (χ0n) is 17.6. The number of hydrogen-bond acceptors (Lipinski definition) is 3. The van der Waals surface area contributed by atoms with Crippen molar-refractivity contribution in [3.05, 3.63) is 78.1 Å². The maximum Gasteiger partial charge on any atom is 0.321 e. The Morgan fingerprint density at radius 3 is 2.41 bits per heavy atom. The monoisotopic (exact) mass is 449 g/mol. The van der Waals surface area contributed by atoms with Crippen molar-refractivity contribution < 1.29 is 14.0 Å². The number of nitrogens with one attached hydrogen (secondary N) is 1. The number of carbonyl (C=O) groups excluding carboxylic acids is 2. The number of halogens is 1. The van der Waals surface area contributed by atoms with Gasteiger partial charge in [-0.2, -0.15) is 0 Å². The number of carbonyl (C=O) groups is 2. The number of likely N-dealkylation sites (tertiary alicyclic amines) is 1. The number of urea groups is 1. The average molecular weight is 450 g/mol. The number of anilines is 1. The summed E-state index contributed by atoms with van der Waals surface area (Å²) in [6.45, 7) is 1.83. The Bertz CT molecular complexity index is 1150. The van der Waals surface area contributed by atoms with Crippen molar-refractivity contribution in [2.24, 2.45) is 0 Å². The summed E-state index contributed by atoms with van der Waals surface area (Å²) in [6, 6.07) is 19.5. The molecule has 5 nitrogen and oxygen atoms in total. The number of hydrogen-bond donors (Lipinski definition) is 1. The first-order valence-electron chi connectivity index (χ1n) is 10.8. The minimum atomic E-state index is -0.349. The van der Waals surface area contributed by atoms with E-state index >= 15 is 0 Å². The molecule has 1 N–H and O–H groups in total. The van der Waals surface area contributed by atoms with Crippen LogP contribution in [0.2, 0.25) is 0 Å². The number of piperidine rings is 1. The van der Waals surface area contributed by atoms with Crippen LogP contribution in [0.15, 0.2) is 66.7 Å². The first-order chi connectivity index (χ1) is 15.6. The van der Waals surface area contributed by atoms with Gasteiger partial charge in [-0.1, -0.05) is 36.4 Å². The Morgan fingerprint density at radius 2 is 1.62 bits per heavy atom. The fourth-order valence-electron chi connectivity index (χ4n) is 4.65. The molecular weight excluding hydrogens is 425 g/mol. The number of amides is 3. The molecule has 3 amide bonds. The van der Waals surface area contributed by atoms with Crippen LogP contribution in [0.25, 0.3) is 10.8 Å². The molecule has 1 spiro atoms. The second-order valence-corrected chi connectivity index (χ2v) is 9.66. The van der Waals surface area contributed by atoms with E-state index in [2.05, 4.69) is 5.32 Å². The summed E-state index contributed by atoms with van der Waals surface area (Å²) in [4.78, 5) is 29.5. The SMILES string of the molecule is O=C(Nc1cccc2ccccc12)N1CCC2(CC1)SCCN2C(=O)c1ccc(F)cc1. The smallest absolute Gasteiger partial charge is 0.321 e. The van der Waals surface area contributed by atoms with E-state index in [-0.39, 0.29) is 22.6 Å². The van der Waals surface area contributed by atoms with Crippen molar-refractivity contribution >= 4 is 40.2 Å². The van der Waals surface area contributed by atoms with E-state index < -0.39 is 0 Å². The van der Waals surface area contributed by atoms with Crippen LogP contribution in [-0.4, -0.2) is 52.0 Å². The molecule has 164 valence electrons. The summed E-state index contributed by atoms with van der Waals surface area (Å²) in [5, 5.41) is 5.16. The molecule has 2 aliphatic rings. The Balaban J connectivity index is 1.27. The number of rotatable bonds is 2. The molecule has 7 heteroatoms. The fourth-order valence-corrected chi connectivity index (χ4v) is 6.10. The van der Waals surface area contributed by atoms with Crippen LogP contribution in [0.3, 0.4) is 0 Å². The van der Waals surface area contributed by atoms with Crippen molar-refractivity contribution in [2.45, 2.75) is 17.7 Å². The van der Waals surface area contributed by atoms with Crippen LogP contribution in [-0.2, 0) is 0 Å². The van der Waals surface area contributed by atoms with E-state index in [1.807, 2.05) is 52.3 Å². The van der Waals surface area contributed by atoms with Gasteiger partial charge in [-0.3, -0.25) is 4.79 Å². The van der Waals surface area contributed by atoms with Gasteiger partial charge in [0.1, 0.15) is 5.82 Å². The summed E-state index contributed by atoms with van der Waals surface area (Å²) in [5.41, 5.74) is 1.31. The highest BCUT2D eigenvalue weighted by Crippen LogP contribution is 2.44. The van der Waals surface area contributed by atoms with E-state index in [0.29, 0.717) is 38.0 Å². The van der Waals surface area contributed by atoms with Gasteiger partial charge in [-0.25, -0.2) is 9.18 Å². The van der Waals surface area contributed by atoms with Gasteiger partial charge in [0.25, 0.3) is 5.91 Å². The van der Waals surface area contributed by atoms with Crippen molar-refractivity contribution in [3.63, 3.8) is 0 Å². The molecule has 0 aliphatic carbocycles. The maximum absolute atomic E-state index is 13.3. The molecule has 2 saturated heterocycles. The van der Waals surface area contributed by atoms with E-state index in [0.717, 1.165) is 22.2 Å². The van der Waals surface area contributed by atoms with Crippen molar-refractivity contribution in [2.75, 3.05) is 30.7 Å². The summed E-state index contributed by atoms with van der Waals surface area (Å²) in [5.74, 6) is 0.455. The number of fused-ring (bicyclic) bond motifs is 1. The van der Waals surface area contributed by atoms with Gasteiger partial charge in [0, 0.05) is 36.3 Å². The molecule has 0 aromatic heterocycles. The van der Waals surface area contributed by atoms with Gasteiger partial charge >= 0.3 is 6.03 Å². The molecule has 2 fully saturated rings. The standard InChI is InChI=1S/C25H24FN3O2S/c26-20-10-8-19(9-11-20)23(30)29-16-17-32-25(29)12-14-28(15-13-25)24(31)27-22-7-3-5-18-4-1-2-6-21(18)22/h1-11H,12-17H2,(H,27,31).